The molecule has 0 saturated heterocycles. The molecule has 0 aliphatic carbocycles. The van der Waals surface area contributed by atoms with E-state index in [9.17, 15) is 14.4 Å². The van der Waals surface area contributed by atoms with E-state index in [4.69, 9.17) is 9.94 Å². The number of carbonyl (C=O) groups is 3. The number of fused-ring (bicyclic) bond motifs is 1. The van der Waals surface area contributed by atoms with Crippen LogP contribution in [0, 0.1) is 6.92 Å². The van der Waals surface area contributed by atoms with Crippen molar-refractivity contribution in [3.8, 4) is 11.1 Å². The largest absolute Gasteiger partial charge is 0.479 e. The van der Waals surface area contributed by atoms with Crippen LogP contribution in [0.5, 0.6) is 0 Å². The molecule has 4 aromatic carbocycles. The number of rotatable bonds is 7. The molecule has 0 spiro atoms. The lowest BCUT2D eigenvalue weighted by atomic mass is 9.98. The molecule has 8 nitrogen and oxygen atoms in total. The van der Waals surface area contributed by atoms with E-state index in [1.807, 2.05) is 73.7 Å². The number of benzene rings is 4. The van der Waals surface area contributed by atoms with Crippen molar-refractivity contribution in [3.05, 3.63) is 119 Å². The van der Waals surface area contributed by atoms with Crippen LogP contribution < -0.4 is 10.2 Å². The number of anilines is 2. The third-order valence-corrected chi connectivity index (χ3v) is 6.83. The van der Waals surface area contributed by atoms with Crippen molar-refractivity contribution in [1.82, 2.24) is 0 Å². The topological polar surface area (TPSA) is 108 Å². The molecule has 0 saturated carbocycles. The Kier molecular flexibility index (Phi) is 8.20. The predicted molar refractivity (Wildman–Crippen MR) is 158 cm³/mol. The van der Waals surface area contributed by atoms with Crippen LogP contribution in [0.1, 0.15) is 44.7 Å². The normalized spacial score (nSPS) is 13.7. The van der Waals surface area contributed by atoms with Crippen LogP contribution in [-0.2, 0) is 9.63 Å². The van der Waals surface area contributed by atoms with Crippen molar-refractivity contribution in [2.24, 2.45) is 5.16 Å². The molecule has 0 bridgehead atoms. The standard InChI is InChI=1S/C33H29N3O5/c1-22-12-14-23(15-13-22)26-7-2-3-8-27(26)32(39)34-25-18-16-24(17-19-25)33(40)36-20-6-10-29(35-41-21-31(37)38)28-9-4-5-11-30(28)36/h2-5,7-9,11-19H,6,10,20-21H2,1H3,(H,34,39)(H,37,38). The summed E-state index contributed by atoms with van der Waals surface area (Å²) in [6.07, 6.45) is 1.17. The van der Waals surface area contributed by atoms with Crippen LogP contribution in [0.25, 0.3) is 11.1 Å². The van der Waals surface area contributed by atoms with Gasteiger partial charge in [-0.2, -0.15) is 0 Å². The molecule has 1 heterocycles. The van der Waals surface area contributed by atoms with Gasteiger partial charge in [0.1, 0.15) is 0 Å². The molecule has 4 aromatic rings. The fraction of sp³-hybridized carbons (Fsp3) is 0.152. The number of nitrogens with zero attached hydrogens (tertiary/aromatic N) is 2. The lowest BCUT2D eigenvalue weighted by molar-refractivity contribution is -0.142. The molecular weight excluding hydrogens is 518 g/mol. The van der Waals surface area contributed by atoms with Crippen LogP contribution in [0.15, 0.2) is 102 Å². The van der Waals surface area contributed by atoms with Gasteiger partial charge in [0.05, 0.1) is 11.4 Å². The number of aliphatic carboxylic acids is 1. The molecule has 0 fully saturated rings. The lowest BCUT2D eigenvalue weighted by Gasteiger charge is -2.23. The van der Waals surface area contributed by atoms with E-state index < -0.39 is 12.6 Å². The van der Waals surface area contributed by atoms with E-state index in [0.717, 1.165) is 22.3 Å². The quantitative estimate of drug-likeness (QED) is 0.270. The summed E-state index contributed by atoms with van der Waals surface area (Å²) in [5, 5.41) is 15.8. The second kappa shape index (κ2) is 12.3. The Labute approximate surface area is 237 Å². The zero-order chi connectivity index (χ0) is 28.8. The van der Waals surface area contributed by atoms with E-state index in [0.29, 0.717) is 47.6 Å². The van der Waals surface area contributed by atoms with Gasteiger partial charge in [-0.25, -0.2) is 4.79 Å². The second-order valence-corrected chi connectivity index (χ2v) is 9.73. The Balaban J connectivity index is 1.33. The first-order valence-electron chi connectivity index (χ1n) is 13.3. The third kappa shape index (κ3) is 6.33. The summed E-state index contributed by atoms with van der Waals surface area (Å²) in [6.45, 7) is 1.95. The highest BCUT2D eigenvalue weighted by atomic mass is 16.6. The van der Waals surface area contributed by atoms with Gasteiger partial charge in [-0.3, -0.25) is 9.59 Å². The van der Waals surface area contributed by atoms with E-state index in [-0.39, 0.29) is 11.8 Å². The van der Waals surface area contributed by atoms with Gasteiger partial charge < -0.3 is 20.2 Å². The van der Waals surface area contributed by atoms with Crippen molar-refractivity contribution in [3.63, 3.8) is 0 Å². The summed E-state index contributed by atoms with van der Waals surface area (Å²) < 4.78 is 0. The highest BCUT2D eigenvalue weighted by Crippen LogP contribution is 2.29. The Morgan fingerprint density at radius 2 is 1.56 bits per heavy atom. The second-order valence-electron chi connectivity index (χ2n) is 9.73. The van der Waals surface area contributed by atoms with E-state index in [2.05, 4.69) is 10.5 Å². The molecule has 0 unspecified atom stereocenters. The molecule has 0 aromatic heterocycles. The average Bonchev–Trinajstić information content (AvgIpc) is 3.17. The maximum Gasteiger partial charge on any atom is 0.344 e. The Morgan fingerprint density at radius 1 is 0.878 bits per heavy atom. The Hall–Kier alpha value is -5.24. The van der Waals surface area contributed by atoms with Gasteiger partial charge in [0.2, 0.25) is 6.61 Å². The molecule has 8 heteroatoms. The molecule has 0 radical (unpaired) electrons. The summed E-state index contributed by atoms with van der Waals surface area (Å²) in [5.41, 5.74) is 6.55. The van der Waals surface area contributed by atoms with Gasteiger partial charge in [0, 0.05) is 28.9 Å². The molecule has 2 N–H and O–H groups in total. The van der Waals surface area contributed by atoms with Crippen molar-refractivity contribution in [1.29, 1.82) is 0 Å². The van der Waals surface area contributed by atoms with Crippen LogP contribution >= 0.6 is 0 Å². The molecule has 1 aliphatic heterocycles. The van der Waals surface area contributed by atoms with Gasteiger partial charge in [0.25, 0.3) is 11.8 Å². The van der Waals surface area contributed by atoms with Crippen LogP contribution in [0.3, 0.4) is 0 Å². The Bertz CT molecular complexity index is 1610. The molecule has 5 rings (SSSR count). The molecule has 2 amide bonds. The highest BCUT2D eigenvalue weighted by Gasteiger charge is 2.25. The summed E-state index contributed by atoms with van der Waals surface area (Å²) in [5.74, 6) is -1.53. The first-order chi connectivity index (χ1) is 19.9. The van der Waals surface area contributed by atoms with E-state index >= 15 is 0 Å². The van der Waals surface area contributed by atoms with Crippen molar-refractivity contribution < 1.29 is 24.3 Å². The fourth-order valence-corrected chi connectivity index (χ4v) is 4.80. The zero-order valence-electron chi connectivity index (χ0n) is 22.5. The number of nitrogens with one attached hydrogen (secondary N) is 1. The SMILES string of the molecule is Cc1ccc(-c2ccccc2C(=O)Nc2ccc(C(=O)N3CCCC(=NOCC(=O)O)c4ccccc43)cc2)cc1. The van der Waals surface area contributed by atoms with Crippen molar-refractivity contribution in [2.75, 3.05) is 23.4 Å². The number of aryl methyl sites for hydroxylation is 1. The smallest absolute Gasteiger partial charge is 0.344 e. The molecule has 1 aliphatic rings. The summed E-state index contributed by atoms with van der Waals surface area (Å²) in [7, 11) is 0. The fourth-order valence-electron chi connectivity index (χ4n) is 4.80. The van der Waals surface area contributed by atoms with Gasteiger partial charge >= 0.3 is 5.97 Å². The maximum absolute atomic E-state index is 13.6. The summed E-state index contributed by atoms with van der Waals surface area (Å²) >= 11 is 0. The van der Waals surface area contributed by atoms with Crippen molar-refractivity contribution in [2.45, 2.75) is 19.8 Å². The molecule has 41 heavy (non-hydrogen) atoms. The summed E-state index contributed by atoms with van der Waals surface area (Å²) in [4.78, 5) is 44.3. The number of amides is 2. The third-order valence-electron chi connectivity index (χ3n) is 6.83. The maximum atomic E-state index is 13.6. The monoisotopic (exact) mass is 547 g/mol. The number of carboxylic acids is 1. The van der Waals surface area contributed by atoms with Gasteiger partial charge in [-0.1, -0.05) is 71.4 Å². The van der Waals surface area contributed by atoms with Gasteiger partial charge in [-0.05, 0) is 67.3 Å². The average molecular weight is 548 g/mol. The number of hydrogen-bond donors (Lipinski definition) is 2. The van der Waals surface area contributed by atoms with Gasteiger partial charge in [-0.15, -0.1) is 0 Å². The number of oxime groups is 1. The molecule has 0 atom stereocenters. The highest BCUT2D eigenvalue weighted by molar-refractivity contribution is 6.13. The predicted octanol–water partition coefficient (Wildman–Crippen LogP) is 6.16. The van der Waals surface area contributed by atoms with Crippen LogP contribution in [0.4, 0.5) is 11.4 Å². The summed E-state index contributed by atoms with van der Waals surface area (Å²) in [6, 6.07) is 29.7. The minimum atomic E-state index is -1.11. The number of carboxylic acid groups (broad SMARTS) is 1. The van der Waals surface area contributed by atoms with Gasteiger partial charge in [0.15, 0.2) is 0 Å². The zero-order valence-corrected chi connectivity index (χ0v) is 22.5. The number of hydrogen-bond acceptors (Lipinski definition) is 5. The first-order valence-corrected chi connectivity index (χ1v) is 13.3. The number of para-hydroxylation sites is 1. The van der Waals surface area contributed by atoms with E-state index in [1.54, 1.807) is 35.2 Å². The lowest BCUT2D eigenvalue weighted by Crippen LogP contribution is -2.31. The van der Waals surface area contributed by atoms with Crippen LogP contribution in [-0.4, -0.2) is 41.8 Å². The Morgan fingerprint density at radius 3 is 2.29 bits per heavy atom. The van der Waals surface area contributed by atoms with E-state index in [1.165, 1.54) is 0 Å². The molecule has 206 valence electrons. The first kappa shape index (κ1) is 27.3. The minimum absolute atomic E-state index is 0.187. The number of carbonyl (C=O) groups excluding carboxylic acids is 2. The molecular formula is C33H29N3O5. The van der Waals surface area contributed by atoms with Crippen molar-refractivity contribution >= 4 is 34.9 Å². The van der Waals surface area contributed by atoms with Crippen LogP contribution in [0.2, 0.25) is 0 Å². The minimum Gasteiger partial charge on any atom is -0.479 e.